The first-order chi connectivity index (χ1) is 10.2. The maximum Gasteiger partial charge on any atom is 0.0954 e. The van der Waals surface area contributed by atoms with Crippen molar-refractivity contribution in [1.29, 1.82) is 0 Å². The SMILES string of the molecule is CC(C)NCc1cccc(Cn2cnc3c2CCCC3)c1. The molecule has 0 spiro atoms. The monoisotopic (exact) mass is 283 g/mol. The Morgan fingerprint density at radius 3 is 2.86 bits per heavy atom. The zero-order chi connectivity index (χ0) is 14.7. The summed E-state index contributed by atoms with van der Waals surface area (Å²) in [6.07, 6.45) is 6.96. The van der Waals surface area contributed by atoms with E-state index in [2.05, 4.69) is 53.0 Å². The van der Waals surface area contributed by atoms with E-state index in [9.17, 15) is 0 Å². The number of benzene rings is 1. The average Bonchev–Trinajstić information content (AvgIpc) is 2.89. The third-order valence-electron chi connectivity index (χ3n) is 4.17. The summed E-state index contributed by atoms with van der Waals surface area (Å²) in [5.74, 6) is 0. The van der Waals surface area contributed by atoms with E-state index in [0.717, 1.165) is 19.5 Å². The first kappa shape index (κ1) is 14.3. The van der Waals surface area contributed by atoms with Gasteiger partial charge in [-0.15, -0.1) is 0 Å². The molecule has 3 nitrogen and oxygen atoms in total. The first-order valence-electron chi connectivity index (χ1n) is 8.06. The topological polar surface area (TPSA) is 29.9 Å². The molecule has 1 aliphatic carbocycles. The Morgan fingerprint density at radius 1 is 1.19 bits per heavy atom. The smallest absolute Gasteiger partial charge is 0.0954 e. The highest BCUT2D eigenvalue weighted by Gasteiger charge is 2.15. The normalized spacial score (nSPS) is 14.4. The number of nitrogens with zero attached hydrogens (tertiary/aromatic N) is 2. The van der Waals surface area contributed by atoms with Crippen LogP contribution in [0.3, 0.4) is 0 Å². The van der Waals surface area contributed by atoms with Crippen LogP contribution in [0.5, 0.6) is 0 Å². The number of aromatic nitrogens is 2. The fourth-order valence-corrected chi connectivity index (χ4v) is 3.02. The summed E-state index contributed by atoms with van der Waals surface area (Å²) in [4.78, 5) is 4.59. The minimum atomic E-state index is 0.523. The van der Waals surface area contributed by atoms with Crippen molar-refractivity contribution in [3.63, 3.8) is 0 Å². The zero-order valence-electron chi connectivity index (χ0n) is 13.1. The predicted octanol–water partition coefficient (Wildman–Crippen LogP) is 3.31. The van der Waals surface area contributed by atoms with Gasteiger partial charge in [0.05, 0.1) is 12.0 Å². The number of imidazole rings is 1. The maximum absolute atomic E-state index is 4.59. The molecule has 1 aliphatic rings. The average molecular weight is 283 g/mol. The molecule has 0 saturated carbocycles. The van der Waals surface area contributed by atoms with Gasteiger partial charge in [0.15, 0.2) is 0 Å². The molecule has 0 radical (unpaired) electrons. The summed E-state index contributed by atoms with van der Waals surface area (Å²) in [6, 6.07) is 9.41. The van der Waals surface area contributed by atoms with Crippen LogP contribution in [-0.4, -0.2) is 15.6 Å². The Bertz CT molecular complexity index is 598. The van der Waals surface area contributed by atoms with Crippen LogP contribution in [0.25, 0.3) is 0 Å². The number of nitrogens with one attached hydrogen (secondary N) is 1. The lowest BCUT2D eigenvalue weighted by Crippen LogP contribution is -2.21. The van der Waals surface area contributed by atoms with Gasteiger partial charge in [-0.25, -0.2) is 4.98 Å². The van der Waals surface area contributed by atoms with E-state index >= 15 is 0 Å². The Morgan fingerprint density at radius 2 is 2.00 bits per heavy atom. The van der Waals surface area contributed by atoms with Gasteiger partial charge in [0.1, 0.15) is 0 Å². The molecule has 0 unspecified atom stereocenters. The van der Waals surface area contributed by atoms with Gasteiger partial charge < -0.3 is 9.88 Å². The largest absolute Gasteiger partial charge is 0.330 e. The Kier molecular flexibility index (Phi) is 4.39. The molecular weight excluding hydrogens is 258 g/mol. The minimum Gasteiger partial charge on any atom is -0.330 e. The van der Waals surface area contributed by atoms with E-state index < -0.39 is 0 Å². The molecule has 0 amide bonds. The van der Waals surface area contributed by atoms with Crippen LogP contribution in [0.1, 0.15) is 49.2 Å². The second-order valence-corrected chi connectivity index (χ2v) is 6.33. The van der Waals surface area contributed by atoms with Crippen LogP contribution < -0.4 is 5.32 Å². The van der Waals surface area contributed by atoms with Crippen LogP contribution in [0.4, 0.5) is 0 Å². The molecule has 0 atom stereocenters. The van der Waals surface area contributed by atoms with Gasteiger partial charge in [0, 0.05) is 24.8 Å². The van der Waals surface area contributed by atoms with E-state index in [1.807, 2.05) is 6.33 Å². The molecule has 1 heterocycles. The summed E-state index contributed by atoms with van der Waals surface area (Å²) in [6.45, 7) is 6.24. The van der Waals surface area contributed by atoms with Gasteiger partial charge in [-0.1, -0.05) is 38.1 Å². The van der Waals surface area contributed by atoms with E-state index in [0.29, 0.717) is 6.04 Å². The molecule has 0 fully saturated rings. The number of rotatable bonds is 5. The van der Waals surface area contributed by atoms with E-state index in [1.165, 1.54) is 41.8 Å². The maximum atomic E-state index is 4.59. The molecule has 3 rings (SSSR count). The highest BCUT2D eigenvalue weighted by Crippen LogP contribution is 2.21. The molecule has 0 bridgehead atoms. The van der Waals surface area contributed by atoms with Gasteiger partial charge in [-0.3, -0.25) is 0 Å². The number of fused-ring (bicyclic) bond motifs is 1. The molecule has 0 aliphatic heterocycles. The summed E-state index contributed by atoms with van der Waals surface area (Å²) >= 11 is 0. The van der Waals surface area contributed by atoms with E-state index in [-0.39, 0.29) is 0 Å². The molecule has 2 aromatic rings. The summed E-state index contributed by atoms with van der Waals surface area (Å²) < 4.78 is 2.34. The van der Waals surface area contributed by atoms with Crippen molar-refractivity contribution >= 4 is 0 Å². The standard InChI is InChI=1S/C18H25N3/c1-14(2)19-11-15-6-5-7-16(10-15)12-21-13-20-17-8-3-4-9-18(17)21/h5-7,10,13-14,19H,3-4,8-9,11-12H2,1-2H3. The second kappa shape index (κ2) is 6.44. The van der Waals surface area contributed by atoms with E-state index in [4.69, 9.17) is 0 Å². The van der Waals surface area contributed by atoms with Crippen LogP contribution in [0.15, 0.2) is 30.6 Å². The van der Waals surface area contributed by atoms with Gasteiger partial charge in [0.25, 0.3) is 0 Å². The van der Waals surface area contributed by atoms with Crippen molar-refractivity contribution in [3.8, 4) is 0 Å². The summed E-state index contributed by atoms with van der Waals surface area (Å²) in [5.41, 5.74) is 5.49. The molecule has 1 aromatic carbocycles. The number of hydrogen-bond acceptors (Lipinski definition) is 2. The number of hydrogen-bond donors (Lipinski definition) is 1. The Balaban J connectivity index is 1.73. The molecule has 3 heteroatoms. The van der Waals surface area contributed by atoms with Gasteiger partial charge >= 0.3 is 0 Å². The third-order valence-corrected chi connectivity index (χ3v) is 4.17. The van der Waals surface area contributed by atoms with Crippen LogP contribution in [-0.2, 0) is 25.9 Å². The van der Waals surface area contributed by atoms with E-state index in [1.54, 1.807) is 0 Å². The van der Waals surface area contributed by atoms with Crippen molar-refractivity contribution in [2.24, 2.45) is 0 Å². The summed E-state index contributed by atoms with van der Waals surface area (Å²) in [7, 11) is 0. The van der Waals surface area contributed by atoms with Crippen LogP contribution in [0, 0.1) is 0 Å². The highest BCUT2D eigenvalue weighted by atomic mass is 15.1. The lowest BCUT2D eigenvalue weighted by molar-refractivity contribution is 0.588. The van der Waals surface area contributed by atoms with Crippen molar-refractivity contribution in [1.82, 2.24) is 14.9 Å². The molecule has 0 saturated heterocycles. The Labute approximate surface area is 127 Å². The van der Waals surface area contributed by atoms with Gasteiger partial charge in [-0.2, -0.15) is 0 Å². The quantitative estimate of drug-likeness (QED) is 0.912. The third kappa shape index (κ3) is 3.53. The minimum absolute atomic E-state index is 0.523. The van der Waals surface area contributed by atoms with Crippen molar-refractivity contribution in [3.05, 3.63) is 53.1 Å². The van der Waals surface area contributed by atoms with Crippen LogP contribution in [0.2, 0.25) is 0 Å². The molecule has 21 heavy (non-hydrogen) atoms. The molecule has 1 aromatic heterocycles. The fourth-order valence-electron chi connectivity index (χ4n) is 3.02. The fraction of sp³-hybridized carbons (Fsp3) is 0.500. The van der Waals surface area contributed by atoms with Gasteiger partial charge in [0.2, 0.25) is 0 Å². The highest BCUT2D eigenvalue weighted by molar-refractivity contribution is 5.25. The number of aryl methyl sites for hydroxylation is 1. The molecule has 1 N–H and O–H groups in total. The second-order valence-electron chi connectivity index (χ2n) is 6.33. The summed E-state index contributed by atoms with van der Waals surface area (Å²) in [5, 5.41) is 3.48. The van der Waals surface area contributed by atoms with Crippen LogP contribution >= 0.6 is 0 Å². The zero-order valence-corrected chi connectivity index (χ0v) is 13.1. The van der Waals surface area contributed by atoms with Gasteiger partial charge in [-0.05, 0) is 36.8 Å². The van der Waals surface area contributed by atoms with Crippen molar-refractivity contribution in [2.45, 2.75) is 58.7 Å². The molecular formula is C18H25N3. The van der Waals surface area contributed by atoms with Crippen molar-refractivity contribution < 1.29 is 0 Å². The van der Waals surface area contributed by atoms with Crippen molar-refractivity contribution in [2.75, 3.05) is 0 Å². The first-order valence-corrected chi connectivity index (χ1v) is 8.06. The predicted molar refractivity (Wildman–Crippen MR) is 86.4 cm³/mol. The molecule has 112 valence electrons. The lowest BCUT2D eigenvalue weighted by Gasteiger charge is -2.15. The Hall–Kier alpha value is -1.61. The lowest BCUT2D eigenvalue weighted by atomic mass is 10.0.